The van der Waals surface area contributed by atoms with Gasteiger partial charge in [0, 0.05) is 13.1 Å². The van der Waals surface area contributed by atoms with Crippen molar-refractivity contribution in [1.82, 2.24) is 4.98 Å². The number of hydrogen-bond acceptors (Lipinski definition) is 2. The van der Waals surface area contributed by atoms with Crippen LogP contribution in [0.3, 0.4) is 0 Å². The van der Waals surface area contributed by atoms with Gasteiger partial charge in [0.05, 0.1) is 11.6 Å². The first-order valence-corrected chi connectivity index (χ1v) is 6.13. The summed E-state index contributed by atoms with van der Waals surface area (Å²) in [4.78, 5) is 6.88. The predicted octanol–water partition coefficient (Wildman–Crippen LogP) is 3.06. The fourth-order valence-electron chi connectivity index (χ4n) is 1.71. The van der Waals surface area contributed by atoms with Crippen molar-refractivity contribution in [3.05, 3.63) is 23.9 Å². The van der Waals surface area contributed by atoms with Gasteiger partial charge >= 0.3 is 0 Å². The van der Waals surface area contributed by atoms with Gasteiger partial charge in [-0.3, -0.25) is 0 Å². The van der Waals surface area contributed by atoms with Gasteiger partial charge in [0.1, 0.15) is 5.82 Å². The molecule has 1 fully saturated rings. The Bertz CT molecular complexity index is 323. The Morgan fingerprint density at radius 1 is 1.47 bits per heavy atom. The molecule has 2 nitrogen and oxygen atoms in total. The molecule has 0 spiro atoms. The van der Waals surface area contributed by atoms with Crippen LogP contribution < -0.4 is 4.90 Å². The minimum Gasteiger partial charge on any atom is -0.357 e. The molecule has 2 rings (SSSR count). The van der Waals surface area contributed by atoms with E-state index < -0.39 is 0 Å². The molecule has 1 saturated carbocycles. The smallest absolute Gasteiger partial charge is 0.128 e. The monoisotopic (exact) mass is 224 g/mol. The van der Waals surface area contributed by atoms with Crippen LogP contribution in [0.5, 0.6) is 0 Å². The van der Waals surface area contributed by atoms with Crippen molar-refractivity contribution in [3.63, 3.8) is 0 Å². The van der Waals surface area contributed by atoms with E-state index in [0.717, 1.165) is 30.5 Å². The van der Waals surface area contributed by atoms with E-state index in [-0.39, 0.29) is 0 Å². The molecule has 0 atom stereocenters. The maximum atomic E-state index is 5.78. The van der Waals surface area contributed by atoms with Crippen LogP contribution in [0, 0.1) is 5.92 Å². The third kappa shape index (κ3) is 2.85. The Hall–Kier alpha value is -0.760. The molecule has 0 aromatic carbocycles. The molecule has 1 aromatic rings. The van der Waals surface area contributed by atoms with Crippen LogP contribution in [-0.4, -0.2) is 18.1 Å². The first-order valence-electron chi connectivity index (χ1n) is 5.60. The van der Waals surface area contributed by atoms with Crippen LogP contribution in [-0.2, 0) is 5.88 Å². The van der Waals surface area contributed by atoms with Gasteiger partial charge in [0.15, 0.2) is 0 Å². The number of anilines is 1. The SMILES string of the molecule is CCN(CC1CC1)c1cccc(CCl)n1. The van der Waals surface area contributed by atoms with Crippen LogP contribution in [0.2, 0.25) is 0 Å². The maximum absolute atomic E-state index is 5.78. The number of halogens is 1. The van der Waals surface area contributed by atoms with Crippen molar-refractivity contribution < 1.29 is 0 Å². The van der Waals surface area contributed by atoms with Crippen LogP contribution in [0.25, 0.3) is 0 Å². The molecule has 0 bridgehead atoms. The zero-order valence-electron chi connectivity index (χ0n) is 9.12. The van der Waals surface area contributed by atoms with Gasteiger partial charge in [-0.15, -0.1) is 11.6 Å². The van der Waals surface area contributed by atoms with Crippen molar-refractivity contribution in [2.24, 2.45) is 5.92 Å². The minimum atomic E-state index is 0.495. The standard InChI is InChI=1S/C12H17ClN2/c1-2-15(9-10-6-7-10)12-5-3-4-11(8-13)14-12/h3-5,10H,2,6-9H2,1H3. The van der Waals surface area contributed by atoms with Crippen LogP contribution in [0.15, 0.2) is 18.2 Å². The van der Waals surface area contributed by atoms with Crippen molar-refractivity contribution in [1.29, 1.82) is 0 Å². The van der Waals surface area contributed by atoms with Crippen molar-refractivity contribution >= 4 is 17.4 Å². The van der Waals surface area contributed by atoms with Crippen LogP contribution in [0.4, 0.5) is 5.82 Å². The lowest BCUT2D eigenvalue weighted by Crippen LogP contribution is -2.26. The lowest BCUT2D eigenvalue weighted by atomic mass is 10.3. The number of alkyl halides is 1. The van der Waals surface area contributed by atoms with Gasteiger partial charge in [-0.05, 0) is 37.8 Å². The zero-order valence-corrected chi connectivity index (χ0v) is 9.87. The number of nitrogens with zero attached hydrogens (tertiary/aromatic N) is 2. The largest absolute Gasteiger partial charge is 0.357 e. The van der Waals surface area contributed by atoms with Gasteiger partial charge in [0.2, 0.25) is 0 Å². The molecule has 0 saturated heterocycles. The highest BCUT2D eigenvalue weighted by Crippen LogP contribution is 2.30. The Morgan fingerprint density at radius 3 is 2.87 bits per heavy atom. The summed E-state index contributed by atoms with van der Waals surface area (Å²) in [6.45, 7) is 4.35. The zero-order chi connectivity index (χ0) is 10.7. The first-order chi connectivity index (χ1) is 7.33. The normalized spacial score (nSPS) is 15.3. The van der Waals surface area contributed by atoms with E-state index in [9.17, 15) is 0 Å². The molecule has 1 aliphatic rings. The highest BCUT2D eigenvalue weighted by molar-refractivity contribution is 6.16. The second kappa shape index (κ2) is 4.84. The Balaban J connectivity index is 2.09. The second-order valence-electron chi connectivity index (χ2n) is 4.10. The highest BCUT2D eigenvalue weighted by atomic mass is 35.5. The third-order valence-electron chi connectivity index (χ3n) is 2.81. The van der Waals surface area contributed by atoms with Crippen LogP contribution >= 0.6 is 11.6 Å². The molecule has 1 aliphatic carbocycles. The maximum Gasteiger partial charge on any atom is 0.128 e. The van der Waals surface area contributed by atoms with Gasteiger partial charge in [0.25, 0.3) is 0 Å². The number of pyridine rings is 1. The van der Waals surface area contributed by atoms with Gasteiger partial charge < -0.3 is 4.90 Å². The predicted molar refractivity (Wildman–Crippen MR) is 64.4 cm³/mol. The molecular formula is C12H17ClN2. The molecule has 82 valence electrons. The molecular weight excluding hydrogens is 208 g/mol. The quantitative estimate of drug-likeness (QED) is 0.715. The fourth-order valence-corrected chi connectivity index (χ4v) is 1.86. The van der Waals surface area contributed by atoms with Crippen LogP contribution in [0.1, 0.15) is 25.5 Å². The van der Waals surface area contributed by atoms with Crippen molar-refractivity contribution in [2.75, 3.05) is 18.0 Å². The summed E-state index contributed by atoms with van der Waals surface area (Å²) in [6, 6.07) is 6.08. The summed E-state index contributed by atoms with van der Waals surface area (Å²) in [7, 11) is 0. The van der Waals surface area contributed by atoms with E-state index in [1.807, 2.05) is 12.1 Å². The van der Waals surface area contributed by atoms with E-state index in [0.29, 0.717) is 5.88 Å². The summed E-state index contributed by atoms with van der Waals surface area (Å²) < 4.78 is 0. The average Bonchev–Trinajstić information content (AvgIpc) is 3.10. The number of rotatable bonds is 5. The highest BCUT2D eigenvalue weighted by Gasteiger charge is 2.24. The molecule has 1 heterocycles. The second-order valence-corrected chi connectivity index (χ2v) is 4.37. The van der Waals surface area contributed by atoms with E-state index >= 15 is 0 Å². The molecule has 0 amide bonds. The molecule has 1 aromatic heterocycles. The van der Waals surface area contributed by atoms with E-state index in [1.165, 1.54) is 12.8 Å². The van der Waals surface area contributed by atoms with Gasteiger partial charge in [-0.1, -0.05) is 6.07 Å². The fraction of sp³-hybridized carbons (Fsp3) is 0.583. The lowest BCUT2D eigenvalue weighted by molar-refractivity contribution is 0.730. The molecule has 0 radical (unpaired) electrons. The van der Waals surface area contributed by atoms with Crippen molar-refractivity contribution in [3.8, 4) is 0 Å². The minimum absolute atomic E-state index is 0.495. The molecule has 0 N–H and O–H groups in total. The molecule has 0 aliphatic heterocycles. The van der Waals surface area contributed by atoms with E-state index in [1.54, 1.807) is 0 Å². The summed E-state index contributed by atoms with van der Waals surface area (Å²) in [5.74, 6) is 2.46. The summed E-state index contributed by atoms with van der Waals surface area (Å²) >= 11 is 5.78. The van der Waals surface area contributed by atoms with Gasteiger partial charge in [-0.2, -0.15) is 0 Å². The Morgan fingerprint density at radius 2 is 2.27 bits per heavy atom. The summed E-state index contributed by atoms with van der Waals surface area (Å²) in [6.07, 6.45) is 2.76. The number of aromatic nitrogens is 1. The first kappa shape index (κ1) is 10.7. The number of hydrogen-bond donors (Lipinski definition) is 0. The lowest BCUT2D eigenvalue weighted by Gasteiger charge is -2.22. The summed E-state index contributed by atoms with van der Waals surface area (Å²) in [5, 5.41) is 0. The molecule has 15 heavy (non-hydrogen) atoms. The molecule has 0 unspecified atom stereocenters. The van der Waals surface area contributed by atoms with Crippen molar-refractivity contribution in [2.45, 2.75) is 25.6 Å². The summed E-state index contributed by atoms with van der Waals surface area (Å²) in [5.41, 5.74) is 0.961. The Kier molecular flexibility index (Phi) is 3.47. The van der Waals surface area contributed by atoms with E-state index in [4.69, 9.17) is 11.6 Å². The third-order valence-corrected chi connectivity index (χ3v) is 3.08. The average molecular weight is 225 g/mol. The van der Waals surface area contributed by atoms with E-state index in [2.05, 4.69) is 22.9 Å². The topological polar surface area (TPSA) is 16.1 Å². The molecule has 3 heteroatoms. The Labute approximate surface area is 96.3 Å². The van der Waals surface area contributed by atoms with Gasteiger partial charge in [-0.25, -0.2) is 4.98 Å².